The molecule has 1 N–H and O–H groups in total. The SMILES string of the molecule is C=CCCCN(C)C(=NCC)NC1CC1CCC. The van der Waals surface area contributed by atoms with E-state index < -0.39 is 0 Å². The summed E-state index contributed by atoms with van der Waals surface area (Å²) in [5.74, 6) is 1.95. The Morgan fingerprint density at radius 3 is 2.89 bits per heavy atom. The largest absolute Gasteiger partial charge is 0.353 e. The minimum atomic E-state index is 0.664. The lowest BCUT2D eigenvalue weighted by atomic mass is 10.2. The fourth-order valence-electron chi connectivity index (χ4n) is 2.29. The first-order valence-electron chi connectivity index (χ1n) is 7.35. The Labute approximate surface area is 112 Å². The molecule has 104 valence electrons. The van der Waals surface area contributed by atoms with Crippen molar-refractivity contribution in [2.24, 2.45) is 10.9 Å². The van der Waals surface area contributed by atoms with E-state index in [9.17, 15) is 0 Å². The number of nitrogens with one attached hydrogen (secondary N) is 1. The van der Waals surface area contributed by atoms with Crippen molar-refractivity contribution in [3.63, 3.8) is 0 Å². The summed E-state index contributed by atoms with van der Waals surface area (Å²) in [6.07, 6.45) is 8.15. The molecule has 0 aromatic rings. The normalized spacial score (nSPS) is 22.7. The molecule has 0 amide bonds. The van der Waals surface area contributed by atoms with Crippen molar-refractivity contribution in [1.82, 2.24) is 10.2 Å². The van der Waals surface area contributed by atoms with E-state index in [2.05, 4.69) is 42.7 Å². The topological polar surface area (TPSA) is 27.6 Å². The number of hydrogen-bond donors (Lipinski definition) is 1. The second kappa shape index (κ2) is 8.17. The van der Waals surface area contributed by atoms with Gasteiger partial charge in [0.05, 0.1) is 0 Å². The number of rotatable bonds is 8. The Bertz CT molecular complexity index is 273. The van der Waals surface area contributed by atoms with E-state index in [0.29, 0.717) is 6.04 Å². The molecule has 0 spiro atoms. The van der Waals surface area contributed by atoms with Crippen molar-refractivity contribution in [3.05, 3.63) is 12.7 Å². The fraction of sp³-hybridized carbons (Fsp3) is 0.800. The molecule has 3 nitrogen and oxygen atoms in total. The third kappa shape index (κ3) is 5.11. The monoisotopic (exact) mass is 251 g/mol. The maximum absolute atomic E-state index is 4.58. The quantitative estimate of drug-likeness (QED) is 0.311. The predicted octanol–water partition coefficient (Wildman–Crippen LogP) is 3.04. The average molecular weight is 251 g/mol. The average Bonchev–Trinajstić information content (AvgIpc) is 3.07. The van der Waals surface area contributed by atoms with Crippen LogP contribution in [0.3, 0.4) is 0 Å². The number of hydrogen-bond acceptors (Lipinski definition) is 1. The Morgan fingerprint density at radius 1 is 1.50 bits per heavy atom. The van der Waals surface area contributed by atoms with E-state index in [0.717, 1.165) is 37.8 Å². The van der Waals surface area contributed by atoms with Gasteiger partial charge in [-0.3, -0.25) is 4.99 Å². The Balaban J connectivity index is 2.35. The summed E-state index contributed by atoms with van der Waals surface area (Å²) in [5.41, 5.74) is 0. The summed E-state index contributed by atoms with van der Waals surface area (Å²) < 4.78 is 0. The molecule has 2 atom stereocenters. The highest BCUT2D eigenvalue weighted by molar-refractivity contribution is 5.80. The summed E-state index contributed by atoms with van der Waals surface area (Å²) in [4.78, 5) is 6.83. The van der Waals surface area contributed by atoms with E-state index in [1.165, 1.54) is 19.3 Å². The molecule has 1 fully saturated rings. The van der Waals surface area contributed by atoms with Gasteiger partial charge in [-0.1, -0.05) is 19.4 Å². The zero-order valence-electron chi connectivity index (χ0n) is 12.3. The predicted molar refractivity (Wildman–Crippen MR) is 80.0 cm³/mol. The second-order valence-corrected chi connectivity index (χ2v) is 5.19. The van der Waals surface area contributed by atoms with Gasteiger partial charge in [0.2, 0.25) is 0 Å². The maximum Gasteiger partial charge on any atom is 0.193 e. The van der Waals surface area contributed by atoms with E-state index in [1.807, 2.05) is 6.08 Å². The molecule has 0 aliphatic heterocycles. The third-order valence-electron chi connectivity index (χ3n) is 3.47. The van der Waals surface area contributed by atoms with Crippen LogP contribution < -0.4 is 5.32 Å². The Hall–Kier alpha value is -0.990. The van der Waals surface area contributed by atoms with Gasteiger partial charge in [0, 0.05) is 26.2 Å². The molecule has 0 aromatic carbocycles. The first-order chi connectivity index (χ1) is 8.72. The van der Waals surface area contributed by atoms with Crippen LogP contribution in [0.25, 0.3) is 0 Å². The molecule has 1 saturated carbocycles. The lowest BCUT2D eigenvalue weighted by Crippen LogP contribution is -2.41. The Morgan fingerprint density at radius 2 is 2.28 bits per heavy atom. The smallest absolute Gasteiger partial charge is 0.193 e. The van der Waals surface area contributed by atoms with Crippen LogP contribution >= 0.6 is 0 Å². The minimum absolute atomic E-state index is 0.664. The number of unbranched alkanes of at least 4 members (excludes halogenated alkanes) is 1. The number of allylic oxidation sites excluding steroid dienone is 1. The summed E-state index contributed by atoms with van der Waals surface area (Å²) >= 11 is 0. The lowest BCUT2D eigenvalue weighted by molar-refractivity contribution is 0.465. The zero-order chi connectivity index (χ0) is 13.4. The second-order valence-electron chi connectivity index (χ2n) is 5.19. The third-order valence-corrected chi connectivity index (χ3v) is 3.47. The summed E-state index contributed by atoms with van der Waals surface area (Å²) in [6, 6.07) is 0.664. The van der Waals surface area contributed by atoms with Crippen molar-refractivity contribution < 1.29 is 0 Å². The summed E-state index contributed by atoms with van der Waals surface area (Å²) in [7, 11) is 2.13. The van der Waals surface area contributed by atoms with Crippen LogP contribution in [-0.2, 0) is 0 Å². The van der Waals surface area contributed by atoms with Crippen LogP contribution in [0.1, 0.15) is 46.0 Å². The van der Waals surface area contributed by atoms with Crippen LogP contribution in [-0.4, -0.2) is 37.0 Å². The highest BCUT2D eigenvalue weighted by atomic mass is 15.3. The maximum atomic E-state index is 4.58. The molecule has 0 bridgehead atoms. The molecule has 18 heavy (non-hydrogen) atoms. The molecule has 0 heterocycles. The van der Waals surface area contributed by atoms with Gasteiger partial charge in [-0.15, -0.1) is 6.58 Å². The van der Waals surface area contributed by atoms with Crippen molar-refractivity contribution in [3.8, 4) is 0 Å². The zero-order valence-corrected chi connectivity index (χ0v) is 12.3. The van der Waals surface area contributed by atoms with Crippen molar-refractivity contribution in [2.45, 2.75) is 52.0 Å². The van der Waals surface area contributed by atoms with E-state index >= 15 is 0 Å². The van der Waals surface area contributed by atoms with Gasteiger partial charge in [-0.05, 0) is 38.5 Å². The van der Waals surface area contributed by atoms with Gasteiger partial charge in [0.15, 0.2) is 5.96 Å². The first kappa shape index (κ1) is 15.1. The van der Waals surface area contributed by atoms with E-state index in [4.69, 9.17) is 0 Å². The van der Waals surface area contributed by atoms with Gasteiger partial charge < -0.3 is 10.2 Å². The van der Waals surface area contributed by atoms with Gasteiger partial charge in [0.25, 0.3) is 0 Å². The highest BCUT2D eigenvalue weighted by Gasteiger charge is 2.36. The fourth-order valence-corrected chi connectivity index (χ4v) is 2.29. The molecule has 1 rings (SSSR count). The molecule has 0 radical (unpaired) electrons. The van der Waals surface area contributed by atoms with Crippen molar-refractivity contribution in [1.29, 1.82) is 0 Å². The van der Waals surface area contributed by atoms with Crippen molar-refractivity contribution in [2.75, 3.05) is 20.1 Å². The molecule has 0 saturated heterocycles. The van der Waals surface area contributed by atoms with Gasteiger partial charge in [-0.25, -0.2) is 0 Å². The number of nitrogens with zero attached hydrogens (tertiary/aromatic N) is 2. The van der Waals surface area contributed by atoms with E-state index in [1.54, 1.807) is 0 Å². The van der Waals surface area contributed by atoms with Crippen LogP contribution in [0.5, 0.6) is 0 Å². The summed E-state index contributed by atoms with van der Waals surface area (Å²) in [6.45, 7) is 10.0. The van der Waals surface area contributed by atoms with Gasteiger partial charge in [-0.2, -0.15) is 0 Å². The minimum Gasteiger partial charge on any atom is -0.353 e. The van der Waals surface area contributed by atoms with Gasteiger partial charge in [0.1, 0.15) is 0 Å². The van der Waals surface area contributed by atoms with E-state index in [-0.39, 0.29) is 0 Å². The molecule has 0 aromatic heterocycles. The lowest BCUT2D eigenvalue weighted by Gasteiger charge is -2.22. The molecular weight excluding hydrogens is 222 g/mol. The number of guanidine groups is 1. The molecule has 1 aliphatic carbocycles. The highest BCUT2D eigenvalue weighted by Crippen LogP contribution is 2.34. The van der Waals surface area contributed by atoms with Crippen LogP contribution in [0.4, 0.5) is 0 Å². The molecule has 3 heteroatoms. The first-order valence-corrected chi connectivity index (χ1v) is 7.35. The van der Waals surface area contributed by atoms with Crippen molar-refractivity contribution >= 4 is 5.96 Å². The summed E-state index contributed by atoms with van der Waals surface area (Å²) in [5, 5.41) is 3.60. The van der Waals surface area contributed by atoms with Gasteiger partial charge >= 0.3 is 0 Å². The van der Waals surface area contributed by atoms with Crippen LogP contribution in [0, 0.1) is 5.92 Å². The number of aliphatic imine (C=N–C) groups is 1. The molecular formula is C15H29N3. The molecule has 2 unspecified atom stereocenters. The standard InChI is InChI=1S/C15H29N3/c1-5-8-9-11-18(4)15(16-7-3)17-14-12-13(14)10-6-2/h5,13-14H,1,6-12H2,2-4H3,(H,16,17). The van der Waals surface area contributed by atoms with Crippen LogP contribution in [0.15, 0.2) is 17.6 Å². The van der Waals surface area contributed by atoms with Crippen LogP contribution in [0.2, 0.25) is 0 Å². The molecule has 1 aliphatic rings. The Kier molecular flexibility index (Phi) is 6.84.